The number of amides is 1. The Morgan fingerprint density at radius 1 is 1.03 bits per heavy atom. The Labute approximate surface area is 174 Å². The second-order valence-corrected chi connectivity index (χ2v) is 6.65. The van der Waals surface area contributed by atoms with Gasteiger partial charge in [-0.25, -0.2) is 4.79 Å². The molecule has 0 aliphatic rings. The Morgan fingerprint density at radius 2 is 1.83 bits per heavy atom. The molecule has 0 saturated heterocycles. The second kappa shape index (κ2) is 9.56. The van der Waals surface area contributed by atoms with Crippen LogP contribution in [0, 0.1) is 0 Å². The average molecular weight is 406 g/mol. The van der Waals surface area contributed by atoms with Crippen molar-refractivity contribution in [3.05, 3.63) is 83.8 Å². The fraction of sp³-hybridized carbons (Fsp3) is 0.174. The Morgan fingerprint density at radius 3 is 2.57 bits per heavy atom. The molecule has 1 atom stereocenters. The summed E-state index contributed by atoms with van der Waals surface area (Å²) in [5, 5.41) is 5.78. The van der Waals surface area contributed by atoms with Crippen molar-refractivity contribution in [1.29, 1.82) is 0 Å². The monoisotopic (exact) mass is 406 g/mol. The minimum absolute atomic E-state index is 0.107. The van der Waals surface area contributed by atoms with Crippen LogP contribution in [0.5, 0.6) is 0 Å². The lowest BCUT2D eigenvalue weighted by Crippen LogP contribution is -2.30. The van der Waals surface area contributed by atoms with Crippen LogP contribution < -0.4 is 10.6 Å². The van der Waals surface area contributed by atoms with Crippen LogP contribution in [0.4, 0.5) is 11.4 Å². The van der Waals surface area contributed by atoms with E-state index in [-0.39, 0.29) is 5.78 Å². The van der Waals surface area contributed by atoms with Crippen molar-refractivity contribution in [3.8, 4) is 0 Å². The highest BCUT2D eigenvalue weighted by atomic mass is 16.5. The number of nitrogens with one attached hydrogen (secondary N) is 2. The normalized spacial score (nSPS) is 11.4. The van der Waals surface area contributed by atoms with Crippen LogP contribution in [0.2, 0.25) is 0 Å². The minimum atomic E-state index is -1.03. The molecule has 2 N–H and O–H groups in total. The standard InChI is InChI=1S/C23H22N2O5/c1-15(26)17-7-5-8-18(13-17)25-22(27)16(2)30-23(28)20-10-3-4-11-21(20)24-14-19-9-6-12-29-19/h3-13,16,24H,14H2,1-2H3,(H,25,27). The molecule has 1 unspecified atom stereocenters. The zero-order valence-electron chi connectivity index (χ0n) is 16.7. The predicted octanol–water partition coefficient (Wildman–Crippen LogP) is 4.28. The van der Waals surface area contributed by atoms with E-state index in [4.69, 9.17) is 9.15 Å². The van der Waals surface area contributed by atoms with Crippen LogP contribution >= 0.6 is 0 Å². The molecule has 0 saturated carbocycles. The largest absolute Gasteiger partial charge is 0.467 e. The summed E-state index contributed by atoms with van der Waals surface area (Å²) in [6.45, 7) is 3.34. The molecule has 1 heterocycles. The smallest absolute Gasteiger partial charge is 0.341 e. The zero-order valence-corrected chi connectivity index (χ0v) is 16.7. The van der Waals surface area contributed by atoms with E-state index >= 15 is 0 Å². The van der Waals surface area contributed by atoms with Crippen molar-refractivity contribution < 1.29 is 23.5 Å². The molecule has 0 spiro atoms. The number of carbonyl (C=O) groups excluding carboxylic acids is 3. The zero-order chi connectivity index (χ0) is 21.5. The van der Waals surface area contributed by atoms with Gasteiger partial charge in [0.25, 0.3) is 5.91 Å². The summed E-state index contributed by atoms with van der Waals surface area (Å²) >= 11 is 0. The molecule has 30 heavy (non-hydrogen) atoms. The molecule has 0 fully saturated rings. The third kappa shape index (κ3) is 5.35. The van der Waals surface area contributed by atoms with Crippen molar-refractivity contribution in [3.63, 3.8) is 0 Å². The molecular formula is C23H22N2O5. The molecule has 0 aliphatic heterocycles. The first-order valence-electron chi connectivity index (χ1n) is 9.42. The van der Waals surface area contributed by atoms with Gasteiger partial charge in [0.2, 0.25) is 0 Å². The van der Waals surface area contributed by atoms with Gasteiger partial charge in [-0.1, -0.05) is 24.3 Å². The number of ether oxygens (including phenoxy) is 1. The van der Waals surface area contributed by atoms with E-state index in [0.29, 0.717) is 29.0 Å². The van der Waals surface area contributed by atoms with Gasteiger partial charge in [0.05, 0.1) is 18.4 Å². The number of rotatable bonds is 8. The first kappa shape index (κ1) is 20.9. The van der Waals surface area contributed by atoms with E-state index < -0.39 is 18.0 Å². The van der Waals surface area contributed by atoms with Crippen LogP contribution in [-0.2, 0) is 16.1 Å². The van der Waals surface area contributed by atoms with Crippen LogP contribution in [-0.4, -0.2) is 23.8 Å². The van der Waals surface area contributed by atoms with Crippen LogP contribution in [0.15, 0.2) is 71.3 Å². The van der Waals surface area contributed by atoms with Gasteiger partial charge in [0, 0.05) is 16.9 Å². The van der Waals surface area contributed by atoms with E-state index in [9.17, 15) is 14.4 Å². The first-order chi connectivity index (χ1) is 14.4. The minimum Gasteiger partial charge on any atom is -0.467 e. The van der Waals surface area contributed by atoms with Gasteiger partial charge >= 0.3 is 5.97 Å². The lowest BCUT2D eigenvalue weighted by atomic mass is 10.1. The molecule has 1 aromatic heterocycles. The van der Waals surface area contributed by atoms with E-state index in [0.717, 1.165) is 5.76 Å². The van der Waals surface area contributed by atoms with Crippen molar-refractivity contribution >= 4 is 29.0 Å². The highest BCUT2D eigenvalue weighted by molar-refractivity contribution is 6.00. The van der Waals surface area contributed by atoms with Crippen molar-refractivity contribution in [2.75, 3.05) is 10.6 Å². The summed E-state index contributed by atoms with van der Waals surface area (Å²) in [6.07, 6.45) is 0.542. The summed E-state index contributed by atoms with van der Waals surface area (Å²) in [4.78, 5) is 36.5. The number of carbonyl (C=O) groups is 3. The fourth-order valence-electron chi connectivity index (χ4n) is 2.75. The Balaban J connectivity index is 1.63. The van der Waals surface area contributed by atoms with Gasteiger partial charge in [-0.3, -0.25) is 9.59 Å². The van der Waals surface area contributed by atoms with Gasteiger partial charge in [-0.05, 0) is 50.2 Å². The molecule has 2 aromatic carbocycles. The number of para-hydroxylation sites is 1. The van der Waals surface area contributed by atoms with Gasteiger partial charge in [-0.2, -0.15) is 0 Å². The van der Waals surface area contributed by atoms with Gasteiger partial charge in [0.15, 0.2) is 11.9 Å². The SMILES string of the molecule is CC(=O)c1cccc(NC(=O)C(C)OC(=O)c2ccccc2NCc2ccco2)c1. The molecule has 1 amide bonds. The van der Waals surface area contributed by atoms with Gasteiger partial charge in [0.1, 0.15) is 5.76 Å². The number of Topliss-reactive ketones (excluding diaryl/α,β-unsaturated/α-hetero) is 1. The van der Waals surface area contributed by atoms with E-state index in [1.165, 1.54) is 13.8 Å². The van der Waals surface area contributed by atoms with Crippen LogP contribution in [0.1, 0.15) is 40.3 Å². The lowest BCUT2D eigenvalue weighted by Gasteiger charge is -2.16. The lowest BCUT2D eigenvalue weighted by molar-refractivity contribution is -0.123. The molecule has 154 valence electrons. The van der Waals surface area contributed by atoms with Gasteiger partial charge in [-0.15, -0.1) is 0 Å². The maximum absolute atomic E-state index is 12.6. The van der Waals surface area contributed by atoms with E-state index in [1.807, 2.05) is 6.07 Å². The second-order valence-electron chi connectivity index (χ2n) is 6.65. The summed E-state index contributed by atoms with van der Waals surface area (Å²) in [7, 11) is 0. The number of furan rings is 1. The molecule has 3 rings (SSSR count). The maximum atomic E-state index is 12.6. The number of ketones is 1. The summed E-state index contributed by atoms with van der Waals surface area (Å²) < 4.78 is 10.6. The highest BCUT2D eigenvalue weighted by Gasteiger charge is 2.21. The quantitative estimate of drug-likeness (QED) is 0.428. The average Bonchev–Trinajstić information content (AvgIpc) is 3.26. The molecule has 0 aliphatic carbocycles. The van der Waals surface area contributed by atoms with E-state index in [1.54, 1.807) is 60.9 Å². The molecule has 7 heteroatoms. The molecule has 3 aromatic rings. The Bertz CT molecular complexity index is 1040. The number of benzene rings is 2. The Hall–Kier alpha value is -3.87. The van der Waals surface area contributed by atoms with Crippen LogP contribution in [0.3, 0.4) is 0 Å². The first-order valence-corrected chi connectivity index (χ1v) is 9.42. The highest BCUT2D eigenvalue weighted by Crippen LogP contribution is 2.19. The maximum Gasteiger partial charge on any atom is 0.341 e. The van der Waals surface area contributed by atoms with Crippen molar-refractivity contribution in [2.45, 2.75) is 26.5 Å². The predicted molar refractivity (Wildman–Crippen MR) is 112 cm³/mol. The molecular weight excluding hydrogens is 384 g/mol. The molecule has 7 nitrogen and oxygen atoms in total. The molecule has 0 bridgehead atoms. The summed E-state index contributed by atoms with van der Waals surface area (Å²) in [5.41, 5.74) is 1.81. The number of anilines is 2. The number of hydrogen-bond donors (Lipinski definition) is 2. The Kier molecular flexibility index (Phi) is 6.64. The number of hydrogen-bond acceptors (Lipinski definition) is 6. The summed E-state index contributed by atoms with van der Waals surface area (Å²) in [6, 6.07) is 17.0. The van der Waals surface area contributed by atoms with E-state index in [2.05, 4.69) is 10.6 Å². The van der Waals surface area contributed by atoms with Crippen LogP contribution in [0.25, 0.3) is 0 Å². The third-order valence-electron chi connectivity index (χ3n) is 4.37. The van der Waals surface area contributed by atoms with Gasteiger partial charge < -0.3 is 19.8 Å². The molecule has 0 radical (unpaired) electrons. The van der Waals surface area contributed by atoms with Crippen molar-refractivity contribution in [2.24, 2.45) is 0 Å². The topological polar surface area (TPSA) is 97.6 Å². The van der Waals surface area contributed by atoms with Crippen molar-refractivity contribution in [1.82, 2.24) is 0 Å². The third-order valence-corrected chi connectivity index (χ3v) is 4.37. The number of esters is 1. The summed E-state index contributed by atoms with van der Waals surface area (Å²) in [5.74, 6) is -0.509. The fourth-order valence-corrected chi connectivity index (χ4v) is 2.75.